The van der Waals surface area contributed by atoms with E-state index in [-0.39, 0.29) is 4.75 Å². The van der Waals surface area contributed by atoms with Crippen LogP contribution in [-0.2, 0) is 0 Å². The van der Waals surface area contributed by atoms with E-state index in [2.05, 4.69) is 6.07 Å². The fourth-order valence-corrected chi connectivity index (χ4v) is 7.51. The van der Waals surface area contributed by atoms with E-state index in [1.165, 1.54) is 11.8 Å². The second kappa shape index (κ2) is 5.42. The van der Waals surface area contributed by atoms with Crippen LogP contribution in [0.2, 0.25) is 0 Å². The minimum atomic E-state index is -3.02. The van der Waals surface area contributed by atoms with Gasteiger partial charge in [-0.1, -0.05) is 0 Å². The van der Waals surface area contributed by atoms with Gasteiger partial charge in [0.25, 0.3) is 0 Å². The molecule has 0 aliphatic heterocycles. The molecule has 21 heavy (non-hydrogen) atoms. The van der Waals surface area contributed by atoms with Crippen molar-refractivity contribution in [2.75, 3.05) is 0 Å². The van der Waals surface area contributed by atoms with Gasteiger partial charge in [0.15, 0.2) is 0 Å². The van der Waals surface area contributed by atoms with Gasteiger partial charge in [0, 0.05) is 0 Å². The van der Waals surface area contributed by atoms with Gasteiger partial charge in [0.1, 0.15) is 0 Å². The van der Waals surface area contributed by atoms with Crippen molar-refractivity contribution in [2.24, 2.45) is 0 Å². The van der Waals surface area contributed by atoms with Crippen LogP contribution in [0.1, 0.15) is 27.2 Å². The zero-order valence-electron chi connectivity index (χ0n) is 12.0. The fraction of sp³-hybridized carbons (Fsp3) is 0.533. The Bertz CT molecular complexity index is 569. The molecule has 0 amide bonds. The monoisotopic (exact) mass is 395 g/mol. The summed E-state index contributed by atoms with van der Waals surface area (Å²) in [7, 11) is 0. The summed E-state index contributed by atoms with van der Waals surface area (Å²) in [5.74, 6) is -3.02. The number of nitriles is 1. The van der Waals surface area contributed by atoms with Crippen LogP contribution in [0.25, 0.3) is 0 Å². The molecule has 1 nitrogen and oxygen atoms in total. The van der Waals surface area contributed by atoms with Crippen LogP contribution in [-0.4, -0.2) is 34.1 Å². The molecule has 1 aromatic carbocycles. The molecule has 1 fully saturated rings. The van der Waals surface area contributed by atoms with E-state index >= 15 is 0 Å². The van der Waals surface area contributed by atoms with Crippen molar-refractivity contribution in [3.8, 4) is 6.07 Å². The topological polar surface area (TPSA) is 23.8 Å². The molecule has 0 aromatic heterocycles. The van der Waals surface area contributed by atoms with Crippen molar-refractivity contribution in [3.63, 3.8) is 0 Å². The maximum atomic E-state index is 14.2. The van der Waals surface area contributed by atoms with Gasteiger partial charge in [-0.3, -0.25) is 0 Å². The SMILES string of the molecule is CC(C)(C)S[C@]1(C#N)CC(F)(F)[C@]1(Cl)[Se]c1ccccc1. The summed E-state index contributed by atoms with van der Waals surface area (Å²) in [5, 5.41) is 9.57. The van der Waals surface area contributed by atoms with E-state index < -0.39 is 35.8 Å². The molecule has 0 N–H and O–H groups in total. The molecule has 1 saturated carbocycles. The molecule has 2 atom stereocenters. The average molecular weight is 395 g/mol. The molecule has 0 radical (unpaired) electrons. The van der Waals surface area contributed by atoms with E-state index in [0.29, 0.717) is 0 Å². The first kappa shape index (κ1) is 17.1. The second-order valence-electron chi connectivity index (χ2n) is 6.04. The van der Waals surface area contributed by atoms with Crippen molar-refractivity contribution < 1.29 is 8.78 Å². The molecule has 0 spiro atoms. The van der Waals surface area contributed by atoms with Crippen LogP contribution in [0.4, 0.5) is 8.78 Å². The molecule has 0 heterocycles. The third-order valence-corrected chi connectivity index (χ3v) is 9.04. The van der Waals surface area contributed by atoms with Gasteiger partial charge in [-0.2, -0.15) is 0 Å². The van der Waals surface area contributed by atoms with Crippen LogP contribution in [0.15, 0.2) is 30.3 Å². The summed E-state index contributed by atoms with van der Waals surface area (Å²) in [6, 6.07) is 11.1. The summed E-state index contributed by atoms with van der Waals surface area (Å²) in [4.78, 5) is 0. The number of halogens is 3. The standard InChI is InChI=1S/C15H16ClF2NSSe/c1-12(2,3)20-13(10-19)9-14(17,18)15(13,16)21-11-7-5-4-6-8-11/h4-8H,9H2,1-3H3/t13-,15+/m0/s1. The quantitative estimate of drug-likeness (QED) is 0.575. The third kappa shape index (κ3) is 2.97. The van der Waals surface area contributed by atoms with E-state index in [1.807, 2.05) is 26.8 Å². The zero-order valence-corrected chi connectivity index (χ0v) is 15.3. The van der Waals surface area contributed by atoms with Crippen LogP contribution >= 0.6 is 23.4 Å². The first-order chi connectivity index (χ1) is 9.55. The van der Waals surface area contributed by atoms with Gasteiger partial charge in [0.05, 0.1) is 0 Å². The summed E-state index contributed by atoms with van der Waals surface area (Å²) in [6.07, 6.45) is -0.476. The predicted molar refractivity (Wildman–Crippen MR) is 85.7 cm³/mol. The number of benzene rings is 1. The van der Waals surface area contributed by atoms with Gasteiger partial charge in [-0.25, -0.2) is 0 Å². The van der Waals surface area contributed by atoms with Gasteiger partial charge >= 0.3 is 140 Å². The Kier molecular flexibility index (Phi) is 4.41. The second-order valence-corrected chi connectivity index (χ2v) is 11.9. The molecular weight excluding hydrogens is 379 g/mol. The Labute approximate surface area is 139 Å². The van der Waals surface area contributed by atoms with Crippen LogP contribution < -0.4 is 4.46 Å². The third-order valence-electron chi connectivity index (χ3n) is 3.12. The summed E-state index contributed by atoms with van der Waals surface area (Å²) < 4.78 is 25.9. The summed E-state index contributed by atoms with van der Waals surface area (Å²) in [5.41, 5.74) is 0. The van der Waals surface area contributed by atoms with Crippen molar-refractivity contribution in [1.82, 2.24) is 0 Å². The summed E-state index contributed by atoms with van der Waals surface area (Å²) in [6.45, 7) is 5.75. The molecule has 0 saturated heterocycles. The van der Waals surface area contributed by atoms with Gasteiger partial charge < -0.3 is 0 Å². The average Bonchev–Trinajstić information content (AvgIpc) is 2.36. The number of alkyl halides is 3. The van der Waals surface area contributed by atoms with Crippen molar-refractivity contribution in [3.05, 3.63) is 30.3 Å². The van der Waals surface area contributed by atoms with Crippen LogP contribution in [0.3, 0.4) is 0 Å². The van der Waals surface area contributed by atoms with Crippen molar-refractivity contribution >= 4 is 42.8 Å². The summed E-state index contributed by atoms with van der Waals surface area (Å²) >= 11 is 6.97. The van der Waals surface area contributed by atoms with E-state index in [0.717, 1.165) is 4.46 Å². The Hall–Kier alpha value is -0.271. The van der Waals surface area contributed by atoms with E-state index in [9.17, 15) is 14.0 Å². The maximum absolute atomic E-state index is 14.2. The zero-order chi connectivity index (χ0) is 15.9. The molecule has 0 unspecified atom stereocenters. The first-order valence-corrected chi connectivity index (χ1v) is 9.38. The Morgan fingerprint density at radius 1 is 1.29 bits per heavy atom. The van der Waals surface area contributed by atoms with Gasteiger partial charge in [-0.15, -0.1) is 0 Å². The normalized spacial score (nSPS) is 31.3. The predicted octanol–water partition coefficient (Wildman–Crippen LogP) is 3.78. The number of thioether (sulfide) groups is 1. The molecule has 2 rings (SSSR count). The Morgan fingerprint density at radius 2 is 1.86 bits per heavy atom. The molecule has 0 bridgehead atoms. The molecule has 1 aromatic rings. The van der Waals surface area contributed by atoms with Gasteiger partial charge in [0.2, 0.25) is 0 Å². The van der Waals surface area contributed by atoms with E-state index in [1.54, 1.807) is 24.3 Å². The van der Waals surface area contributed by atoms with Crippen molar-refractivity contribution in [2.45, 2.75) is 46.4 Å². The molecule has 114 valence electrons. The number of nitrogens with zero attached hydrogens (tertiary/aromatic N) is 1. The van der Waals surface area contributed by atoms with Crippen molar-refractivity contribution in [1.29, 1.82) is 5.26 Å². The number of hydrogen-bond acceptors (Lipinski definition) is 2. The molecule has 1 aliphatic carbocycles. The Balaban J connectivity index is 2.38. The molecular formula is C15H16ClF2NSSe. The minimum absolute atomic E-state index is 0.306. The molecule has 6 heteroatoms. The van der Waals surface area contributed by atoms with E-state index in [4.69, 9.17) is 11.6 Å². The number of rotatable bonds is 3. The first-order valence-electron chi connectivity index (χ1n) is 6.47. The van der Waals surface area contributed by atoms with Gasteiger partial charge in [-0.05, 0) is 0 Å². The molecule has 1 aliphatic rings. The Morgan fingerprint density at radius 3 is 2.29 bits per heavy atom. The van der Waals surface area contributed by atoms with Crippen LogP contribution in [0.5, 0.6) is 0 Å². The fourth-order valence-electron chi connectivity index (χ4n) is 2.30. The van der Waals surface area contributed by atoms with Crippen LogP contribution in [0, 0.1) is 11.3 Å². The number of hydrogen-bond donors (Lipinski definition) is 0.